The molecule has 2 aliphatic rings. The Morgan fingerprint density at radius 2 is 1.72 bits per heavy atom. The average molecular weight is 392 g/mol. The second kappa shape index (κ2) is 7.12. The number of ether oxygens (including phenoxy) is 1. The van der Waals surface area contributed by atoms with E-state index in [1.165, 1.54) is 4.90 Å². The fourth-order valence-corrected chi connectivity index (χ4v) is 4.50. The molecule has 4 atom stereocenters. The predicted octanol–water partition coefficient (Wildman–Crippen LogP) is 2.77. The summed E-state index contributed by atoms with van der Waals surface area (Å²) in [4.78, 5) is 40.9. The van der Waals surface area contributed by atoms with E-state index in [1.54, 1.807) is 38.1 Å². The van der Waals surface area contributed by atoms with Crippen LogP contribution < -0.4 is 10.2 Å². The number of benzene rings is 2. The molecule has 0 bridgehead atoms. The van der Waals surface area contributed by atoms with Gasteiger partial charge in [-0.15, -0.1) is 0 Å². The van der Waals surface area contributed by atoms with E-state index in [-0.39, 0.29) is 18.4 Å². The number of aryl methyl sites for hydroxylation is 1. The Morgan fingerprint density at radius 3 is 2.34 bits per heavy atom. The van der Waals surface area contributed by atoms with Crippen LogP contribution in [0.2, 0.25) is 0 Å². The molecular weight excluding hydrogens is 368 g/mol. The van der Waals surface area contributed by atoms with E-state index in [1.807, 2.05) is 37.3 Å². The minimum atomic E-state index is -1.29. The van der Waals surface area contributed by atoms with E-state index >= 15 is 0 Å². The molecular formula is C23H24N2O4. The molecule has 2 saturated heterocycles. The van der Waals surface area contributed by atoms with Gasteiger partial charge in [0.25, 0.3) is 0 Å². The zero-order chi connectivity index (χ0) is 20.8. The molecule has 29 heavy (non-hydrogen) atoms. The number of rotatable bonds is 4. The van der Waals surface area contributed by atoms with Crippen LogP contribution in [0.1, 0.15) is 31.0 Å². The van der Waals surface area contributed by atoms with Crippen LogP contribution in [-0.2, 0) is 19.1 Å². The van der Waals surface area contributed by atoms with Crippen LogP contribution in [0.4, 0.5) is 5.69 Å². The Labute approximate surface area is 169 Å². The molecule has 6 heteroatoms. The number of anilines is 1. The van der Waals surface area contributed by atoms with Gasteiger partial charge in [-0.05, 0) is 38.5 Å². The van der Waals surface area contributed by atoms with Crippen LogP contribution in [0.25, 0.3) is 0 Å². The molecule has 0 unspecified atom stereocenters. The van der Waals surface area contributed by atoms with E-state index in [9.17, 15) is 14.4 Å². The monoisotopic (exact) mass is 392 g/mol. The molecule has 2 heterocycles. The number of para-hydroxylation sites is 1. The first-order valence-electron chi connectivity index (χ1n) is 9.83. The maximum atomic E-state index is 13.4. The fourth-order valence-electron chi connectivity index (χ4n) is 4.50. The van der Waals surface area contributed by atoms with E-state index in [0.29, 0.717) is 5.69 Å². The van der Waals surface area contributed by atoms with Gasteiger partial charge in [-0.1, -0.05) is 48.0 Å². The quantitative estimate of drug-likeness (QED) is 0.640. The summed E-state index contributed by atoms with van der Waals surface area (Å²) in [5.41, 5.74) is 1.20. The molecule has 0 spiro atoms. The molecule has 2 amide bonds. The molecule has 4 rings (SSSR count). The minimum Gasteiger partial charge on any atom is -0.465 e. The summed E-state index contributed by atoms with van der Waals surface area (Å²) in [6, 6.07) is 16.2. The standard InChI is InChI=1S/C23H24N2O4/c1-4-29-22(28)23(3)18-17(19(24-23)15-12-10-14(2)11-13-15)20(26)25(21(18)27)16-8-6-5-7-9-16/h5-13,17-19,24H,4H2,1-3H3/t17-,18+,19-,23+/m0/s1. The summed E-state index contributed by atoms with van der Waals surface area (Å²) in [5, 5.41) is 3.28. The molecule has 150 valence electrons. The van der Waals surface area contributed by atoms with E-state index in [0.717, 1.165) is 11.1 Å². The largest absolute Gasteiger partial charge is 0.465 e. The first kappa shape index (κ1) is 19.3. The molecule has 0 aromatic heterocycles. The van der Waals surface area contributed by atoms with Crippen molar-refractivity contribution in [3.05, 3.63) is 65.7 Å². The molecule has 0 aliphatic carbocycles. The third kappa shape index (κ3) is 2.95. The first-order valence-corrected chi connectivity index (χ1v) is 9.83. The van der Waals surface area contributed by atoms with Crippen molar-refractivity contribution in [2.75, 3.05) is 11.5 Å². The normalized spacial score (nSPS) is 28.5. The van der Waals surface area contributed by atoms with Crippen molar-refractivity contribution in [1.82, 2.24) is 5.32 Å². The predicted molar refractivity (Wildman–Crippen MR) is 108 cm³/mol. The van der Waals surface area contributed by atoms with Crippen LogP contribution in [0.5, 0.6) is 0 Å². The summed E-state index contributed by atoms with van der Waals surface area (Å²) >= 11 is 0. The molecule has 0 saturated carbocycles. The van der Waals surface area contributed by atoms with Gasteiger partial charge in [0.15, 0.2) is 0 Å². The zero-order valence-corrected chi connectivity index (χ0v) is 16.7. The molecule has 1 N–H and O–H groups in total. The van der Waals surface area contributed by atoms with Gasteiger partial charge in [0.1, 0.15) is 5.54 Å². The Bertz CT molecular complexity index is 957. The summed E-state index contributed by atoms with van der Waals surface area (Å²) in [7, 11) is 0. The first-order chi connectivity index (χ1) is 13.9. The molecule has 2 aromatic rings. The van der Waals surface area contributed by atoms with Crippen molar-refractivity contribution in [2.45, 2.75) is 32.4 Å². The number of hydrogen-bond acceptors (Lipinski definition) is 5. The summed E-state index contributed by atoms with van der Waals surface area (Å²) in [5.74, 6) is -2.69. The van der Waals surface area contributed by atoms with Crippen molar-refractivity contribution >= 4 is 23.5 Å². The Balaban J connectivity index is 1.81. The van der Waals surface area contributed by atoms with Crippen LogP contribution in [0, 0.1) is 18.8 Å². The van der Waals surface area contributed by atoms with E-state index in [2.05, 4.69) is 5.32 Å². The van der Waals surface area contributed by atoms with Crippen molar-refractivity contribution in [3.8, 4) is 0 Å². The number of fused-ring (bicyclic) bond motifs is 1. The van der Waals surface area contributed by atoms with Gasteiger partial charge >= 0.3 is 5.97 Å². The maximum Gasteiger partial charge on any atom is 0.326 e. The number of carbonyl (C=O) groups is 3. The lowest BCUT2D eigenvalue weighted by Crippen LogP contribution is -2.54. The third-order valence-corrected chi connectivity index (χ3v) is 5.94. The van der Waals surface area contributed by atoms with Gasteiger partial charge in [-0.2, -0.15) is 0 Å². The highest BCUT2D eigenvalue weighted by Crippen LogP contribution is 2.49. The molecule has 2 aromatic carbocycles. The Morgan fingerprint density at radius 1 is 1.07 bits per heavy atom. The third-order valence-electron chi connectivity index (χ3n) is 5.94. The molecule has 0 radical (unpaired) electrons. The van der Waals surface area contributed by atoms with Crippen LogP contribution >= 0.6 is 0 Å². The van der Waals surface area contributed by atoms with Crippen molar-refractivity contribution in [3.63, 3.8) is 0 Å². The SMILES string of the molecule is CCOC(=O)[C@]1(C)N[C@@H](c2ccc(C)cc2)[C@H]2C(=O)N(c3ccccc3)C(=O)[C@@H]21. The molecule has 2 fully saturated rings. The second-order valence-electron chi connectivity index (χ2n) is 7.81. The van der Waals surface area contributed by atoms with Gasteiger partial charge < -0.3 is 4.74 Å². The van der Waals surface area contributed by atoms with Gasteiger partial charge in [0, 0.05) is 6.04 Å². The fraction of sp³-hybridized carbons (Fsp3) is 0.348. The van der Waals surface area contributed by atoms with Crippen molar-refractivity contribution in [2.24, 2.45) is 11.8 Å². The number of hydrogen-bond donors (Lipinski definition) is 1. The number of imide groups is 1. The molecule has 2 aliphatic heterocycles. The lowest BCUT2D eigenvalue weighted by molar-refractivity contribution is -0.153. The van der Waals surface area contributed by atoms with Crippen LogP contribution in [0.3, 0.4) is 0 Å². The zero-order valence-electron chi connectivity index (χ0n) is 16.7. The van der Waals surface area contributed by atoms with Crippen molar-refractivity contribution in [1.29, 1.82) is 0 Å². The highest BCUT2D eigenvalue weighted by atomic mass is 16.5. The lowest BCUT2D eigenvalue weighted by Gasteiger charge is -2.29. The Hall–Kier alpha value is -2.99. The number of amides is 2. The number of esters is 1. The summed E-state index contributed by atoms with van der Waals surface area (Å²) < 4.78 is 5.28. The van der Waals surface area contributed by atoms with Gasteiger partial charge in [-0.3, -0.25) is 19.7 Å². The number of nitrogens with zero attached hydrogens (tertiary/aromatic N) is 1. The van der Waals surface area contributed by atoms with E-state index in [4.69, 9.17) is 4.74 Å². The maximum absolute atomic E-state index is 13.4. The Kier molecular flexibility index (Phi) is 4.74. The average Bonchev–Trinajstić information content (AvgIpc) is 3.17. The second-order valence-corrected chi connectivity index (χ2v) is 7.81. The number of carbonyl (C=O) groups excluding carboxylic acids is 3. The van der Waals surface area contributed by atoms with Gasteiger partial charge in [-0.25, -0.2) is 4.90 Å². The van der Waals surface area contributed by atoms with Crippen molar-refractivity contribution < 1.29 is 19.1 Å². The molecule has 6 nitrogen and oxygen atoms in total. The topological polar surface area (TPSA) is 75.7 Å². The van der Waals surface area contributed by atoms with Gasteiger partial charge in [0.2, 0.25) is 11.8 Å². The van der Waals surface area contributed by atoms with Crippen LogP contribution in [0.15, 0.2) is 54.6 Å². The van der Waals surface area contributed by atoms with Crippen LogP contribution in [-0.4, -0.2) is 29.9 Å². The summed E-state index contributed by atoms with van der Waals surface area (Å²) in [6.45, 7) is 5.57. The highest BCUT2D eigenvalue weighted by Gasteiger charge is 2.67. The number of nitrogens with one attached hydrogen (secondary N) is 1. The highest BCUT2D eigenvalue weighted by molar-refractivity contribution is 6.24. The van der Waals surface area contributed by atoms with Gasteiger partial charge in [0.05, 0.1) is 24.1 Å². The minimum absolute atomic E-state index is 0.202. The van der Waals surface area contributed by atoms with E-state index < -0.39 is 29.4 Å². The summed E-state index contributed by atoms with van der Waals surface area (Å²) in [6.07, 6.45) is 0. The smallest absolute Gasteiger partial charge is 0.326 e. The lowest BCUT2D eigenvalue weighted by atomic mass is 9.80.